The van der Waals surface area contributed by atoms with Crippen LogP contribution in [0, 0.1) is 13.8 Å². The molecule has 0 heteroatoms. The van der Waals surface area contributed by atoms with Gasteiger partial charge in [0.2, 0.25) is 0 Å². The zero-order valence-electron chi connectivity index (χ0n) is 13.5. The van der Waals surface area contributed by atoms with Gasteiger partial charge in [-0.2, -0.15) is 0 Å². The predicted octanol–water partition coefficient (Wildman–Crippen LogP) is 4.61. The van der Waals surface area contributed by atoms with E-state index in [0.29, 0.717) is 0 Å². The maximum absolute atomic E-state index is 8.06. The Labute approximate surface area is 108 Å². The van der Waals surface area contributed by atoms with Gasteiger partial charge in [-0.15, -0.1) is 0 Å². The number of benzene rings is 2. The van der Waals surface area contributed by atoms with E-state index in [1.54, 1.807) is 0 Å². The predicted molar refractivity (Wildman–Crippen MR) is 73.5 cm³/mol. The molecule has 2 aromatic rings. The average Bonchev–Trinajstić information content (AvgIpc) is 2.60. The van der Waals surface area contributed by atoms with Gasteiger partial charge in [0.15, 0.2) is 0 Å². The minimum atomic E-state index is -2.06. The Morgan fingerprint density at radius 3 is 1.76 bits per heavy atom. The Kier molecular flexibility index (Phi) is 1.46. The second-order valence-corrected chi connectivity index (χ2v) is 5.22. The first-order valence-corrected chi connectivity index (χ1v) is 5.98. The fourth-order valence-electron chi connectivity index (χ4n) is 2.76. The lowest BCUT2D eigenvalue weighted by atomic mass is 9.81. The first kappa shape index (κ1) is 7.71. The molecule has 0 aliphatic heterocycles. The van der Waals surface area contributed by atoms with Crippen molar-refractivity contribution >= 4 is 0 Å². The summed E-state index contributed by atoms with van der Waals surface area (Å²) < 4.78 is 24.2. The number of hydrogen-bond acceptors (Lipinski definition) is 0. The van der Waals surface area contributed by atoms with Crippen molar-refractivity contribution in [2.24, 2.45) is 0 Å². The molecule has 0 amide bonds. The van der Waals surface area contributed by atoms with Crippen LogP contribution in [-0.4, -0.2) is 0 Å². The Morgan fingerprint density at radius 1 is 0.882 bits per heavy atom. The topological polar surface area (TPSA) is 0 Å². The van der Waals surface area contributed by atoms with Crippen LogP contribution in [0.15, 0.2) is 36.4 Å². The fraction of sp³-hybridized carbons (Fsp3) is 0.294. The van der Waals surface area contributed by atoms with Crippen LogP contribution in [0.4, 0.5) is 0 Å². The summed E-state index contributed by atoms with van der Waals surface area (Å²) in [5.74, 6) is 0. The minimum absolute atomic E-state index is 0.921. The van der Waals surface area contributed by atoms with Crippen molar-refractivity contribution in [3.63, 3.8) is 0 Å². The summed E-state index contributed by atoms with van der Waals surface area (Å²) in [7, 11) is 0. The summed E-state index contributed by atoms with van der Waals surface area (Å²) >= 11 is 0. The van der Waals surface area contributed by atoms with E-state index in [1.807, 2.05) is 45.0 Å². The SMILES string of the molecule is [2H]C([2H])([2H])C1(C)c2cc(C)ccc2-c2ccc(C)cc21. The number of fused-ring (bicyclic) bond motifs is 3. The Morgan fingerprint density at radius 2 is 1.35 bits per heavy atom. The molecule has 0 N–H and O–H groups in total. The summed E-state index contributed by atoms with van der Waals surface area (Å²) in [5.41, 5.74) is 5.26. The summed E-state index contributed by atoms with van der Waals surface area (Å²) in [6.45, 7) is 3.81. The van der Waals surface area contributed by atoms with Crippen LogP contribution in [-0.2, 0) is 5.41 Å². The molecule has 2 aromatic carbocycles. The molecule has 17 heavy (non-hydrogen) atoms. The van der Waals surface area contributed by atoms with E-state index in [9.17, 15) is 0 Å². The third kappa shape index (κ3) is 1.37. The van der Waals surface area contributed by atoms with Gasteiger partial charge < -0.3 is 0 Å². The quantitative estimate of drug-likeness (QED) is 0.614. The lowest BCUT2D eigenvalue weighted by molar-refractivity contribution is 0.659. The highest BCUT2D eigenvalue weighted by Gasteiger charge is 2.35. The molecule has 0 bridgehead atoms. The van der Waals surface area contributed by atoms with Crippen LogP contribution < -0.4 is 0 Å². The second-order valence-electron chi connectivity index (χ2n) is 5.22. The van der Waals surface area contributed by atoms with Gasteiger partial charge in [-0.05, 0) is 36.1 Å². The van der Waals surface area contributed by atoms with Crippen LogP contribution in [0.5, 0.6) is 0 Å². The third-order valence-electron chi connectivity index (χ3n) is 3.72. The first-order valence-electron chi connectivity index (χ1n) is 7.48. The van der Waals surface area contributed by atoms with Gasteiger partial charge in [0.25, 0.3) is 0 Å². The van der Waals surface area contributed by atoms with Gasteiger partial charge >= 0.3 is 0 Å². The average molecular weight is 225 g/mol. The van der Waals surface area contributed by atoms with E-state index in [2.05, 4.69) is 12.1 Å². The molecular formula is C17H18. The molecule has 0 heterocycles. The highest BCUT2D eigenvalue weighted by molar-refractivity contribution is 5.81. The first-order chi connectivity index (χ1) is 9.25. The van der Waals surface area contributed by atoms with E-state index in [0.717, 1.165) is 33.4 Å². The highest BCUT2D eigenvalue weighted by Crippen LogP contribution is 2.48. The summed E-state index contributed by atoms with van der Waals surface area (Å²) in [6.07, 6.45) is 0. The van der Waals surface area contributed by atoms with Crippen molar-refractivity contribution in [1.82, 2.24) is 0 Å². The molecule has 86 valence electrons. The second kappa shape index (κ2) is 3.22. The van der Waals surface area contributed by atoms with Gasteiger partial charge in [0.1, 0.15) is 0 Å². The van der Waals surface area contributed by atoms with Gasteiger partial charge in [0, 0.05) is 9.53 Å². The van der Waals surface area contributed by atoms with Crippen molar-refractivity contribution in [3.8, 4) is 11.1 Å². The van der Waals surface area contributed by atoms with E-state index in [-0.39, 0.29) is 0 Å². The summed E-state index contributed by atoms with van der Waals surface area (Å²) in [5, 5.41) is 0. The zero-order chi connectivity index (χ0) is 14.7. The Bertz CT molecular complexity index is 644. The van der Waals surface area contributed by atoms with Crippen molar-refractivity contribution < 1.29 is 4.11 Å². The van der Waals surface area contributed by atoms with Gasteiger partial charge in [-0.3, -0.25) is 0 Å². The largest absolute Gasteiger partial charge is 0.0587 e. The fourth-order valence-corrected chi connectivity index (χ4v) is 2.76. The highest BCUT2D eigenvalue weighted by atomic mass is 14.4. The van der Waals surface area contributed by atoms with Crippen molar-refractivity contribution in [2.45, 2.75) is 33.0 Å². The zero-order valence-corrected chi connectivity index (χ0v) is 10.5. The minimum Gasteiger partial charge on any atom is -0.0587 e. The summed E-state index contributed by atoms with van der Waals surface area (Å²) in [6, 6.07) is 12.3. The molecule has 0 saturated heterocycles. The molecule has 1 aliphatic rings. The standard InChI is InChI=1S/C17H18/c1-11-5-7-13-14-8-6-12(2)10-16(14)17(3,4)15(13)9-11/h5-10H,1-4H3/i3D3. The lowest BCUT2D eigenvalue weighted by Gasteiger charge is -2.22. The van der Waals surface area contributed by atoms with Gasteiger partial charge in [-0.1, -0.05) is 61.3 Å². The van der Waals surface area contributed by atoms with E-state index >= 15 is 0 Å². The van der Waals surface area contributed by atoms with Gasteiger partial charge in [-0.25, -0.2) is 0 Å². The van der Waals surface area contributed by atoms with E-state index in [1.165, 1.54) is 0 Å². The monoisotopic (exact) mass is 225 g/mol. The van der Waals surface area contributed by atoms with E-state index < -0.39 is 12.3 Å². The number of hydrogen-bond donors (Lipinski definition) is 0. The maximum Gasteiger partial charge on any atom is 0.0243 e. The third-order valence-corrected chi connectivity index (χ3v) is 3.72. The van der Waals surface area contributed by atoms with Crippen molar-refractivity contribution in [2.75, 3.05) is 0 Å². The summed E-state index contributed by atoms with van der Waals surface area (Å²) in [4.78, 5) is 0. The maximum atomic E-state index is 8.06. The lowest BCUT2D eigenvalue weighted by Crippen LogP contribution is -2.15. The van der Waals surface area contributed by atoms with Crippen LogP contribution in [0.2, 0.25) is 0 Å². The van der Waals surface area contributed by atoms with Crippen molar-refractivity contribution in [3.05, 3.63) is 58.7 Å². The van der Waals surface area contributed by atoms with Crippen LogP contribution in [0.3, 0.4) is 0 Å². The molecule has 0 fully saturated rings. The normalized spacial score (nSPS) is 18.9. The van der Waals surface area contributed by atoms with Crippen LogP contribution in [0.1, 0.15) is 40.1 Å². The molecule has 0 aromatic heterocycles. The van der Waals surface area contributed by atoms with Gasteiger partial charge in [0.05, 0.1) is 0 Å². The Hall–Kier alpha value is -1.56. The molecule has 3 rings (SSSR count). The van der Waals surface area contributed by atoms with Crippen LogP contribution in [0.25, 0.3) is 11.1 Å². The molecule has 0 atom stereocenters. The molecule has 0 nitrogen and oxygen atoms in total. The molecule has 1 aliphatic carbocycles. The number of rotatable bonds is 0. The van der Waals surface area contributed by atoms with Crippen LogP contribution >= 0.6 is 0 Å². The molecule has 0 saturated carbocycles. The molecule has 0 unspecified atom stereocenters. The van der Waals surface area contributed by atoms with Crippen molar-refractivity contribution in [1.29, 1.82) is 0 Å². The molecule has 0 radical (unpaired) electrons. The molecular weight excluding hydrogens is 204 g/mol. The smallest absolute Gasteiger partial charge is 0.0243 e. The Balaban J connectivity index is 2.42. The number of aryl methyl sites for hydroxylation is 2. The van der Waals surface area contributed by atoms with E-state index in [4.69, 9.17) is 4.11 Å². The molecule has 0 spiro atoms.